The summed E-state index contributed by atoms with van der Waals surface area (Å²) in [5.41, 5.74) is 2.49. The van der Waals surface area contributed by atoms with Gasteiger partial charge in [-0.25, -0.2) is 4.39 Å². The number of fused-ring (bicyclic) bond motifs is 5. The van der Waals surface area contributed by atoms with Crippen molar-refractivity contribution in [3.8, 4) is 5.75 Å². The molecule has 2 aromatic carbocycles. The predicted octanol–water partition coefficient (Wildman–Crippen LogP) is 3.89. The Morgan fingerprint density at radius 2 is 1.92 bits per heavy atom. The van der Waals surface area contributed by atoms with E-state index in [-0.39, 0.29) is 37.2 Å². The van der Waals surface area contributed by atoms with Gasteiger partial charge in [0.2, 0.25) is 0 Å². The van der Waals surface area contributed by atoms with Crippen molar-refractivity contribution in [2.24, 2.45) is 0 Å². The lowest BCUT2D eigenvalue weighted by atomic mass is 10.00. The highest BCUT2D eigenvalue weighted by Gasteiger charge is 2.44. The maximum absolute atomic E-state index is 14.4. The third-order valence-corrected chi connectivity index (χ3v) is 6.82. The number of halogens is 1. The van der Waals surface area contributed by atoms with Gasteiger partial charge in [0.1, 0.15) is 36.9 Å². The van der Waals surface area contributed by atoms with Gasteiger partial charge in [-0.3, -0.25) is 14.8 Å². The molecule has 0 radical (unpaired) electrons. The van der Waals surface area contributed by atoms with Gasteiger partial charge in [-0.2, -0.15) is 5.01 Å². The van der Waals surface area contributed by atoms with Crippen LogP contribution in [0.2, 0.25) is 0 Å². The summed E-state index contributed by atoms with van der Waals surface area (Å²) in [6.45, 7) is 0.910. The van der Waals surface area contributed by atoms with E-state index in [0.717, 1.165) is 5.56 Å². The van der Waals surface area contributed by atoms with E-state index in [2.05, 4.69) is 4.98 Å². The number of benzene rings is 2. The molecule has 3 atom stereocenters. The molecule has 0 spiro atoms. The number of hydrazine groups is 1. The highest BCUT2D eigenvalue weighted by molar-refractivity contribution is 5.94. The Balaban J connectivity index is 1.50. The summed E-state index contributed by atoms with van der Waals surface area (Å²) in [5, 5.41) is 14.6. The summed E-state index contributed by atoms with van der Waals surface area (Å²) in [4.78, 5) is 20.2. The van der Waals surface area contributed by atoms with Crippen molar-refractivity contribution in [3.05, 3.63) is 131 Å². The Bertz CT molecular complexity index is 1440. The molecule has 4 heterocycles. The zero-order valence-corrected chi connectivity index (χ0v) is 21.1. The van der Waals surface area contributed by atoms with E-state index in [1.165, 1.54) is 12.1 Å². The summed E-state index contributed by atoms with van der Waals surface area (Å²) >= 11 is 0. The van der Waals surface area contributed by atoms with Crippen LogP contribution < -0.4 is 4.74 Å². The number of aliphatic hydroxyl groups is 1. The van der Waals surface area contributed by atoms with E-state index >= 15 is 0 Å². The number of carbonyl (C=O) groups excluding carboxylic acids is 1. The quantitative estimate of drug-likeness (QED) is 0.517. The van der Waals surface area contributed by atoms with Gasteiger partial charge >= 0.3 is 0 Å². The van der Waals surface area contributed by atoms with E-state index < -0.39 is 18.0 Å². The molecule has 1 saturated heterocycles. The summed E-state index contributed by atoms with van der Waals surface area (Å²) in [5.74, 6) is -0.148. The monoisotopic (exact) mass is 526 g/mol. The zero-order valence-electron chi connectivity index (χ0n) is 21.1. The molecule has 198 valence electrons. The standard InChI is InChI=1S/C30H27FN4O4/c31-22-11-12-23-26(18-22)38-17-7-6-15-33-20-35(27(23)24-10-4-5-14-32-24)34-16-13-25(36)29(28(34)30(33)37)39-19-21-8-2-1-3-9-21/h1-14,16,18,25,27,36H,15,17,19-20H2/b7-6-. The Morgan fingerprint density at radius 1 is 1.08 bits per heavy atom. The first kappa shape index (κ1) is 24.8. The molecule has 3 aromatic rings. The average molecular weight is 527 g/mol. The van der Waals surface area contributed by atoms with Gasteiger partial charge in [-0.05, 0) is 35.9 Å². The molecule has 1 aromatic heterocycles. The van der Waals surface area contributed by atoms with Crippen molar-refractivity contribution >= 4 is 5.91 Å². The molecule has 3 aliphatic rings. The van der Waals surface area contributed by atoms with Crippen LogP contribution in [-0.2, 0) is 16.1 Å². The van der Waals surface area contributed by atoms with Crippen molar-refractivity contribution < 1.29 is 23.8 Å². The topological polar surface area (TPSA) is 78.4 Å². The number of pyridine rings is 1. The van der Waals surface area contributed by atoms with Gasteiger partial charge in [-0.15, -0.1) is 0 Å². The zero-order chi connectivity index (χ0) is 26.8. The molecular weight excluding hydrogens is 499 g/mol. The lowest BCUT2D eigenvalue weighted by Gasteiger charge is -2.48. The maximum Gasteiger partial charge on any atom is 0.276 e. The molecule has 0 aliphatic carbocycles. The summed E-state index contributed by atoms with van der Waals surface area (Å²) in [6, 6.07) is 19.0. The maximum atomic E-state index is 14.4. The van der Waals surface area contributed by atoms with Gasteiger partial charge in [0.25, 0.3) is 5.91 Å². The average Bonchev–Trinajstić information content (AvgIpc) is 2.99. The highest BCUT2D eigenvalue weighted by atomic mass is 19.1. The molecule has 2 bridgehead atoms. The molecule has 39 heavy (non-hydrogen) atoms. The van der Waals surface area contributed by atoms with E-state index in [0.29, 0.717) is 23.6 Å². The minimum atomic E-state index is -1.10. The van der Waals surface area contributed by atoms with Crippen LogP contribution in [-0.4, -0.2) is 56.8 Å². The summed E-state index contributed by atoms with van der Waals surface area (Å²) < 4.78 is 26.5. The van der Waals surface area contributed by atoms with Crippen LogP contribution in [0.1, 0.15) is 22.9 Å². The number of rotatable bonds is 4. The first-order chi connectivity index (χ1) is 19.1. The van der Waals surface area contributed by atoms with Crippen molar-refractivity contribution in [2.45, 2.75) is 18.8 Å². The van der Waals surface area contributed by atoms with Gasteiger partial charge in [0.15, 0.2) is 11.5 Å². The number of carbonyl (C=O) groups is 1. The molecule has 1 fully saturated rings. The normalized spacial score (nSPS) is 23.3. The highest BCUT2D eigenvalue weighted by Crippen LogP contribution is 2.40. The Morgan fingerprint density at radius 3 is 2.74 bits per heavy atom. The molecule has 1 N–H and O–H groups in total. The van der Waals surface area contributed by atoms with Gasteiger partial charge in [0.05, 0.1) is 12.4 Å². The largest absolute Gasteiger partial charge is 0.489 e. The van der Waals surface area contributed by atoms with Crippen LogP contribution in [0.4, 0.5) is 4.39 Å². The fourth-order valence-electron chi connectivity index (χ4n) is 4.97. The predicted molar refractivity (Wildman–Crippen MR) is 141 cm³/mol. The fraction of sp³-hybridized carbons (Fsp3) is 0.200. The van der Waals surface area contributed by atoms with Crippen LogP contribution in [0.3, 0.4) is 0 Å². The first-order valence-electron chi connectivity index (χ1n) is 12.7. The van der Waals surface area contributed by atoms with Gasteiger partial charge in [-0.1, -0.05) is 48.5 Å². The Labute approximate surface area is 225 Å². The number of hydrogen-bond donors (Lipinski definition) is 1. The molecule has 1 amide bonds. The molecule has 3 aliphatic heterocycles. The number of ether oxygens (including phenoxy) is 2. The summed E-state index contributed by atoms with van der Waals surface area (Å²) in [7, 11) is 0. The second-order valence-corrected chi connectivity index (χ2v) is 9.35. The molecule has 3 unspecified atom stereocenters. The van der Waals surface area contributed by atoms with E-state index in [1.807, 2.05) is 59.6 Å². The van der Waals surface area contributed by atoms with Crippen LogP contribution in [0.5, 0.6) is 5.75 Å². The van der Waals surface area contributed by atoms with E-state index in [9.17, 15) is 14.3 Å². The van der Waals surface area contributed by atoms with Crippen molar-refractivity contribution in [1.82, 2.24) is 19.9 Å². The minimum absolute atomic E-state index is 0.162. The second-order valence-electron chi connectivity index (χ2n) is 9.35. The van der Waals surface area contributed by atoms with Crippen molar-refractivity contribution in [2.75, 3.05) is 19.8 Å². The second kappa shape index (κ2) is 10.7. The number of hydrogen-bond acceptors (Lipinski definition) is 7. The van der Waals surface area contributed by atoms with E-state index in [1.54, 1.807) is 40.5 Å². The summed E-state index contributed by atoms with van der Waals surface area (Å²) in [6.07, 6.45) is 7.48. The van der Waals surface area contributed by atoms with Crippen molar-refractivity contribution in [1.29, 1.82) is 0 Å². The van der Waals surface area contributed by atoms with Crippen molar-refractivity contribution in [3.63, 3.8) is 0 Å². The molecule has 0 saturated carbocycles. The lowest BCUT2D eigenvalue weighted by Crippen LogP contribution is -2.58. The third kappa shape index (κ3) is 4.89. The Kier molecular flexibility index (Phi) is 6.83. The molecule has 9 heteroatoms. The SMILES string of the molecule is O=C1C2=C(OCc3ccccc3)C(O)C=CN2N2CN1C/C=C\COc1cc(F)ccc1C2c1ccccn1. The number of nitrogens with zero attached hydrogens (tertiary/aromatic N) is 4. The number of amides is 1. The van der Waals surface area contributed by atoms with Gasteiger partial charge < -0.3 is 19.5 Å². The lowest BCUT2D eigenvalue weighted by molar-refractivity contribution is -0.149. The molecular formula is C30H27FN4O4. The fourth-order valence-corrected chi connectivity index (χ4v) is 4.97. The first-order valence-corrected chi connectivity index (χ1v) is 12.7. The number of aliphatic hydroxyl groups excluding tert-OH is 1. The third-order valence-electron chi connectivity index (χ3n) is 6.82. The van der Waals surface area contributed by atoms with Crippen LogP contribution in [0.25, 0.3) is 0 Å². The Hall–Kier alpha value is -4.47. The smallest absolute Gasteiger partial charge is 0.276 e. The van der Waals surface area contributed by atoms with E-state index in [4.69, 9.17) is 9.47 Å². The number of aromatic nitrogens is 1. The van der Waals surface area contributed by atoms with Crippen LogP contribution in [0.15, 0.2) is 109 Å². The van der Waals surface area contributed by atoms with Gasteiger partial charge in [0, 0.05) is 30.6 Å². The molecule has 8 nitrogen and oxygen atoms in total. The van der Waals surface area contributed by atoms with Crippen LogP contribution >= 0.6 is 0 Å². The minimum Gasteiger partial charge on any atom is -0.489 e. The molecule has 6 rings (SSSR count). The van der Waals surface area contributed by atoms with Crippen LogP contribution in [0, 0.1) is 5.82 Å².